The van der Waals surface area contributed by atoms with Crippen molar-refractivity contribution in [2.24, 2.45) is 5.73 Å². The SMILES string of the molecule is CC(C)(C)N1C(=O)C(c2cccc(Br)c2)C(N)N1C(C)(C)C. The maximum Gasteiger partial charge on any atom is 0.247 e. The lowest BCUT2D eigenvalue weighted by Gasteiger charge is -2.46. The lowest BCUT2D eigenvalue weighted by Crippen LogP contribution is -2.61. The zero-order valence-electron chi connectivity index (χ0n) is 14.2. The van der Waals surface area contributed by atoms with Crippen molar-refractivity contribution in [3.05, 3.63) is 34.3 Å². The summed E-state index contributed by atoms with van der Waals surface area (Å²) >= 11 is 3.48. The average molecular weight is 368 g/mol. The Morgan fingerprint density at radius 3 is 2.09 bits per heavy atom. The molecule has 1 heterocycles. The van der Waals surface area contributed by atoms with Crippen LogP contribution >= 0.6 is 15.9 Å². The van der Waals surface area contributed by atoms with Gasteiger partial charge in [-0.25, -0.2) is 0 Å². The van der Waals surface area contributed by atoms with Crippen LogP contribution in [0.15, 0.2) is 28.7 Å². The number of nitrogens with zero attached hydrogens (tertiary/aromatic N) is 2. The maximum absolute atomic E-state index is 13.1. The minimum Gasteiger partial charge on any atom is -0.313 e. The van der Waals surface area contributed by atoms with Crippen molar-refractivity contribution < 1.29 is 4.79 Å². The minimum absolute atomic E-state index is 0.0630. The number of rotatable bonds is 1. The highest BCUT2D eigenvalue weighted by atomic mass is 79.9. The number of carbonyl (C=O) groups is 1. The topological polar surface area (TPSA) is 49.6 Å². The van der Waals surface area contributed by atoms with E-state index < -0.39 is 0 Å². The highest BCUT2D eigenvalue weighted by Gasteiger charge is 2.52. The van der Waals surface area contributed by atoms with E-state index in [1.54, 1.807) is 0 Å². The molecule has 5 heteroatoms. The van der Waals surface area contributed by atoms with E-state index in [2.05, 4.69) is 36.7 Å². The molecular weight excluding hydrogens is 342 g/mol. The summed E-state index contributed by atoms with van der Waals surface area (Å²) in [6.07, 6.45) is -0.374. The third-order valence-electron chi connectivity index (χ3n) is 3.84. The number of nitrogens with two attached hydrogens (primary N) is 1. The number of carbonyl (C=O) groups excluding carboxylic acids is 1. The molecule has 1 aromatic carbocycles. The summed E-state index contributed by atoms with van der Waals surface area (Å²) in [5, 5.41) is 3.87. The monoisotopic (exact) mass is 367 g/mol. The number of amides is 1. The molecule has 4 nitrogen and oxygen atoms in total. The molecule has 1 fully saturated rings. The first-order valence-electron chi connectivity index (χ1n) is 7.59. The van der Waals surface area contributed by atoms with Gasteiger partial charge in [0.1, 0.15) is 0 Å². The van der Waals surface area contributed by atoms with E-state index in [9.17, 15) is 4.79 Å². The fourth-order valence-electron chi connectivity index (χ4n) is 3.10. The Labute approximate surface area is 141 Å². The number of hydrogen-bond acceptors (Lipinski definition) is 3. The van der Waals surface area contributed by atoms with Crippen molar-refractivity contribution in [1.29, 1.82) is 0 Å². The normalized spacial score (nSPS) is 24.2. The fourth-order valence-corrected chi connectivity index (χ4v) is 3.52. The first-order chi connectivity index (χ1) is 9.94. The van der Waals surface area contributed by atoms with Crippen LogP contribution in [0.25, 0.3) is 0 Å². The summed E-state index contributed by atoms with van der Waals surface area (Å²) in [6.45, 7) is 12.4. The lowest BCUT2D eigenvalue weighted by atomic mass is 9.95. The molecule has 0 saturated carbocycles. The number of benzene rings is 1. The highest BCUT2D eigenvalue weighted by Crippen LogP contribution is 2.40. The molecule has 1 aromatic rings. The van der Waals surface area contributed by atoms with Gasteiger partial charge in [0.25, 0.3) is 0 Å². The molecule has 1 aliphatic rings. The lowest BCUT2D eigenvalue weighted by molar-refractivity contribution is -0.164. The molecule has 1 aliphatic heterocycles. The smallest absolute Gasteiger partial charge is 0.247 e. The summed E-state index contributed by atoms with van der Waals surface area (Å²) in [5.74, 6) is -0.288. The van der Waals surface area contributed by atoms with Gasteiger partial charge in [0.05, 0.1) is 17.6 Å². The average Bonchev–Trinajstić information content (AvgIpc) is 2.60. The van der Waals surface area contributed by atoms with Crippen LogP contribution in [-0.2, 0) is 4.79 Å². The second kappa shape index (κ2) is 5.62. The summed E-state index contributed by atoms with van der Waals surface area (Å²) in [5.41, 5.74) is 6.92. The molecule has 1 amide bonds. The van der Waals surface area contributed by atoms with Crippen molar-refractivity contribution in [3.63, 3.8) is 0 Å². The predicted molar refractivity (Wildman–Crippen MR) is 93.0 cm³/mol. The Bertz CT molecular complexity index is 574. The molecule has 0 aliphatic carbocycles. The Hall–Kier alpha value is -0.910. The highest BCUT2D eigenvalue weighted by molar-refractivity contribution is 9.10. The Morgan fingerprint density at radius 1 is 1.09 bits per heavy atom. The van der Waals surface area contributed by atoms with Crippen molar-refractivity contribution in [2.45, 2.75) is 64.7 Å². The molecule has 2 atom stereocenters. The second-order valence-corrected chi connectivity index (χ2v) is 8.78. The van der Waals surface area contributed by atoms with E-state index in [0.717, 1.165) is 10.0 Å². The van der Waals surface area contributed by atoms with Crippen LogP contribution in [0.2, 0.25) is 0 Å². The van der Waals surface area contributed by atoms with Crippen LogP contribution < -0.4 is 5.73 Å². The molecule has 0 spiro atoms. The van der Waals surface area contributed by atoms with E-state index >= 15 is 0 Å². The molecule has 1 saturated heterocycles. The summed E-state index contributed by atoms with van der Waals surface area (Å²) in [6, 6.07) is 7.85. The van der Waals surface area contributed by atoms with Gasteiger partial charge in [-0.2, -0.15) is 5.01 Å². The Balaban J connectivity index is 2.53. The van der Waals surface area contributed by atoms with Crippen molar-refractivity contribution in [3.8, 4) is 0 Å². The zero-order valence-corrected chi connectivity index (χ0v) is 15.8. The van der Waals surface area contributed by atoms with Gasteiger partial charge in [-0.15, -0.1) is 0 Å². The first kappa shape index (κ1) is 17.4. The van der Waals surface area contributed by atoms with E-state index in [1.165, 1.54) is 0 Å². The van der Waals surface area contributed by atoms with E-state index in [4.69, 9.17) is 5.73 Å². The fraction of sp³-hybridized carbons (Fsp3) is 0.588. The largest absolute Gasteiger partial charge is 0.313 e. The van der Waals surface area contributed by atoms with Crippen LogP contribution in [0.5, 0.6) is 0 Å². The Morgan fingerprint density at radius 2 is 1.68 bits per heavy atom. The van der Waals surface area contributed by atoms with Gasteiger partial charge < -0.3 is 5.73 Å². The predicted octanol–water partition coefficient (Wildman–Crippen LogP) is 3.47. The van der Waals surface area contributed by atoms with E-state index in [1.807, 2.05) is 55.1 Å². The van der Waals surface area contributed by atoms with Gasteiger partial charge in [-0.05, 0) is 59.2 Å². The van der Waals surface area contributed by atoms with Crippen LogP contribution in [0, 0.1) is 0 Å². The summed E-state index contributed by atoms with van der Waals surface area (Å²) in [7, 11) is 0. The summed E-state index contributed by atoms with van der Waals surface area (Å²) in [4.78, 5) is 13.1. The molecule has 122 valence electrons. The van der Waals surface area contributed by atoms with Gasteiger partial charge >= 0.3 is 0 Å². The molecule has 0 bridgehead atoms. The van der Waals surface area contributed by atoms with Crippen molar-refractivity contribution >= 4 is 21.8 Å². The van der Waals surface area contributed by atoms with Crippen LogP contribution in [0.1, 0.15) is 53.0 Å². The van der Waals surface area contributed by atoms with Crippen molar-refractivity contribution in [2.75, 3.05) is 0 Å². The standard InChI is InChI=1S/C17H26BrN3O/c1-16(2,3)20-14(19)13(11-8-7-9-12(18)10-11)15(22)21(20)17(4,5)6/h7-10,13-14H,19H2,1-6H3. The number of hydrazine groups is 1. The summed E-state index contributed by atoms with van der Waals surface area (Å²) < 4.78 is 0.960. The van der Waals surface area contributed by atoms with E-state index in [-0.39, 0.29) is 29.1 Å². The molecule has 0 aromatic heterocycles. The second-order valence-electron chi connectivity index (χ2n) is 7.86. The number of hydrogen-bond donors (Lipinski definition) is 1. The van der Waals surface area contributed by atoms with Gasteiger partial charge in [0.2, 0.25) is 5.91 Å². The maximum atomic E-state index is 13.1. The van der Waals surface area contributed by atoms with Gasteiger partial charge in [-0.3, -0.25) is 9.80 Å². The molecule has 22 heavy (non-hydrogen) atoms. The number of halogens is 1. The molecule has 2 N–H and O–H groups in total. The van der Waals surface area contributed by atoms with Crippen molar-refractivity contribution in [1.82, 2.24) is 10.0 Å². The quantitative estimate of drug-likeness (QED) is 0.826. The van der Waals surface area contributed by atoms with E-state index in [0.29, 0.717) is 0 Å². The van der Waals surface area contributed by atoms with Gasteiger partial charge in [-0.1, -0.05) is 28.1 Å². The minimum atomic E-state index is -0.374. The molecule has 0 radical (unpaired) electrons. The van der Waals surface area contributed by atoms with Crippen LogP contribution in [0.4, 0.5) is 0 Å². The zero-order chi connectivity index (χ0) is 16.9. The van der Waals surface area contributed by atoms with Crippen LogP contribution in [0.3, 0.4) is 0 Å². The molecular formula is C17H26BrN3O. The molecule has 2 unspecified atom stereocenters. The van der Waals surface area contributed by atoms with Gasteiger partial charge in [0, 0.05) is 10.0 Å². The third kappa shape index (κ3) is 3.07. The third-order valence-corrected chi connectivity index (χ3v) is 4.34. The molecule has 2 rings (SSSR count). The first-order valence-corrected chi connectivity index (χ1v) is 8.38. The van der Waals surface area contributed by atoms with Crippen LogP contribution in [-0.4, -0.2) is 33.2 Å². The Kier molecular flexibility index (Phi) is 4.46. The van der Waals surface area contributed by atoms with Gasteiger partial charge in [0.15, 0.2) is 0 Å².